The summed E-state index contributed by atoms with van der Waals surface area (Å²) in [6.07, 6.45) is 3.61. The van der Waals surface area contributed by atoms with E-state index in [1.165, 1.54) is 30.6 Å². The lowest BCUT2D eigenvalue weighted by Crippen LogP contribution is -2.35. The molecule has 1 aliphatic heterocycles. The molecule has 1 atom stereocenters. The minimum Gasteiger partial charge on any atom is -0.498 e. The van der Waals surface area contributed by atoms with E-state index >= 15 is 0 Å². The van der Waals surface area contributed by atoms with Gasteiger partial charge in [0, 0.05) is 5.02 Å². The van der Waals surface area contributed by atoms with Gasteiger partial charge in [0.05, 0.1) is 6.04 Å². The molecule has 3 heterocycles. The molecular weight excluding hydrogens is 344 g/mol. The average Bonchev–Trinajstić information content (AvgIpc) is 3.07. The molecule has 2 aromatic heterocycles. The van der Waals surface area contributed by atoms with Crippen LogP contribution in [0, 0.1) is 6.92 Å². The molecule has 1 saturated heterocycles. The molecule has 7 heteroatoms. The maximum Gasteiger partial charge on any atom is 0.215 e. The number of halogens is 1. The van der Waals surface area contributed by atoms with Crippen molar-refractivity contribution >= 4 is 27.9 Å². The molecule has 1 aliphatic rings. The summed E-state index contributed by atoms with van der Waals surface area (Å²) in [6, 6.07) is 7.84. The summed E-state index contributed by atoms with van der Waals surface area (Å²) >= 11 is 7.35. The van der Waals surface area contributed by atoms with Gasteiger partial charge in [0.25, 0.3) is 0 Å². The van der Waals surface area contributed by atoms with E-state index in [-0.39, 0.29) is 11.1 Å². The number of hydrogen-bond donors (Lipinski definition) is 1. The van der Waals surface area contributed by atoms with Gasteiger partial charge in [-0.15, -0.1) is 0 Å². The first kappa shape index (κ1) is 15.9. The van der Waals surface area contributed by atoms with Crippen molar-refractivity contribution < 1.29 is 5.11 Å². The molecule has 1 N–H and O–H groups in total. The van der Waals surface area contributed by atoms with Crippen molar-refractivity contribution in [2.24, 2.45) is 0 Å². The van der Waals surface area contributed by atoms with Gasteiger partial charge in [0.1, 0.15) is 11.5 Å². The van der Waals surface area contributed by atoms with Crippen molar-refractivity contribution in [2.45, 2.75) is 32.2 Å². The third-order valence-electron chi connectivity index (χ3n) is 4.52. The molecule has 0 saturated carbocycles. The number of benzene rings is 1. The number of rotatable bonds is 3. The third kappa shape index (κ3) is 2.79. The second kappa shape index (κ2) is 6.35. The van der Waals surface area contributed by atoms with Gasteiger partial charge in [0.2, 0.25) is 4.96 Å². The normalized spacial score (nSPS) is 17.4. The Labute approximate surface area is 149 Å². The van der Waals surface area contributed by atoms with Gasteiger partial charge in [-0.25, -0.2) is 9.50 Å². The number of nitrogens with zero attached hydrogens (tertiary/aromatic N) is 4. The van der Waals surface area contributed by atoms with Crippen LogP contribution in [-0.4, -0.2) is 37.7 Å². The summed E-state index contributed by atoms with van der Waals surface area (Å²) in [7, 11) is 0. The average molecular weight is 363 g/mol. The fourth-order valence-electron chi connectivity index (χ4n) is 3.44. The first-order valence-electron chi connectivity index (χ1n) is 8.18. The molecule has 0 bridgehead atoms. The highest BCUT2D eigenvalue weighted by atomic mass is 35.5. The first-order valence-corrected chi connectivity index (χ1v) is 9.37. The summed E-state index contributed by atoms with van der Waals surface area (Å²) < 4.78 is 1.79. The zero-order valence-electron chi connectivity index (χ0n) is 13.4. The van der Waals surface area contributed by atoms with Gasteiger partial charge in [-0.05, 0) is 50.6 Å². The maximum atomic E-state index is 10.6. The Morgan fingerprint density at radius 3 is 2.58 bits per heavy atom. The molecule has 24 heavy (non-hydrogen) atoms. The van der Waals surface area contributed by atoms with Crippen LogP contribution in [0.25, 0.3) is 4.96 Å². The van der Waals surface area contributed by atoms with Crippen molar-refractivity contribution in [1.29, 1.82) is 0 Å². The predicted molar refractivity (Wildman–Crippen MR) is 96.0 cm³/mol. The van der Waals surface area contributed by atoms with Crippen LogP contribution in [0.5, 0.6) is 5.06 Å². The van der Waals surface area contributed by atoms with Crippen LogP contribution in [-0.2, 0) is 0 Å². The number of hydrogen-bond acceptors (Lipinski definition) is 5. The van der Waals surface area contributed by atoms with E-state index in [0.29, 0.717) is 5.02 Å². The Kier molecular flexibility index (Phi) is 4.20. The molecule has 0 spiro atoms. The van der Waals surface area contributed by atoms with Crippen LogP contribution in [0.2, 0.25) is 5.02 Å². The van der Waals surface area contributed by atoms with Gasteiger partial charge in [-0.1, -0.05) is 41.5 Å². The van der Waals surface area contributed by atoms with Crippen molar-refractivity contribution in [1.82, 2.24) is 19.5 Å². The van der Waals surface area contributed by atoms with Crippen molar-refractivity contribution in [3.8, 4) is 5.06 Å². The van der Waals surface area contributed by atoms with E-state index in [9.17, 15) is 5.11 Å². The van der Waals surface area contributed by atoms with Crippen LogP contribution >= 0.6 is 22.9 Å². The first-order chi connectivity index (χ1) is 11.6. The predicted octanol–water partition coefficient (Wildman–Crippen LogP) is 4.03. The number of aromatic nitrogens is 3. The Balaban J connectivity index is 1.87. The van der Waals surface area contributed by atoms with Crippen molar-refractivity contribution in [3.63, 3.8) is 0 Å². The molecule has 126 valence electrons. The summed E-state index contributed by atoms with van der Waals surface area (Å²) in [6.45, 7) is 3.90. The second-order valence-electron chi connectivity index (χ2n) is 6.20. The number of thiazole rings is 1. The smallest absolute Gasteiger partial charge is 0.215 e. The van der Waals surface area contributed by atoms with Crippen molar-refractivity contribution in [2.75, 3.05) is 13.1 Å². The number of aryl methyl sites for hydroxylation is 1. The quantitative estimate of drug-likeness (QED) is 0.764. The second-order valence-corrected chi connectivity index (χ2v) is 7.59. The number of aromatic hydroxyl groups is 1. The summed E-state index contributed by atoms with van der Waals surface area (Å²) in [5.41, 5.74) is 1.92. The molecule has 3 aromatic rings. The van der Waals surface area contributed by atoms with Crippen LogP contribution in [0.4, 0.5) is 0 Å². The molecule has 4 rings (SSSR count). The van der Waals surface area contributed by atoms with Gasteiger partial charge in [0.15, 0.2) is 5.06 Å². The SMILES string of the molecule is Cc1nc2sc(O)c(C(c3ccc(Cl)cc3)N3CCCCC3)n2n1. The van der Waals surface area contributed by atoms with E-state index in [2.05, 4.69) is 15.0 Å². The molecule has 0 radical (unpaired) electrons. The summed E-state index contributed by atoms with van der Waals surface area (Å²) in [5.74, 6) is 0.719. The fourth-order valence-corrected chi connectivity index (χ4v) is 4.45. The zero-order valence-corrected chi connectivity index (χ0v) is 15.0. The summed E-state index contributed by atoms with van der Waals surface area (Å²) in [4.78, 5) is 7.55. The number of fused-ring (bicyclic) bond motifs is 1. The number of piperidine rings is 1. The monoisotopic (exact) mass is 362 g/mol. The third-order valence-corrected chi connectivity index (χ3v) is 5.62. The molecular formula is C17H19ClN4OS. The van der Waals surface area contributed by atoms with Crippen LogP contribution in [0.1, 0.15) is 42.4 Å². The van der Waals surface area contributed by atoms with E-state index < -0.39 is 0 Å². The fraction of sp³-hybridized carbons (Fsp3) is 0.412. The lowest BCUT2D eigenvalue weighted by Gasteiger charge is -2.34. The van der Waals surface area contributed by atoms with Crippen molar-refractivity contribution in [3.05, 3.63) is 46.4 Å². The van der Waals surface area contributed by atoms with E-state index in [0.717, 1.165) is 35.1 Å². The topological polar surface area (TPSA) is 53.7 Å². The standard InChI is InChI=1S/C17H19ClN4OS/c1-11-19-17-22(20-11)15(16(23)24-17)14(21-9-3-2-4-10-21)12-5-7-13(18)8-6-12/h5-8,14,23H,2-4,9-10H2,1H3. The highest BCUT2D eigenvalue weighted by Crippen LogP contribution is 2.40. The van der Waals surface area contributed by atoms with E-state index in [1.807, 2.05) is 31.2 Å². The maximum absolute atomic E-state index is 10.6. The van der Waals surface area contributed by atoms with Gasteiger partial charge in [-0.3, -0.25) is 4.90 Å². The van der Waals surface area contributed by atoms with Gasteiger partial charge < -0.3 is 5.11 Å². The Hall–Kier alpha value is -1.63. The van der Waals surface area contributed by atoms with Crippen LogP contribution in [0.15, 0.2) is 24.3 Å². The zero-order chi connectivity index (χ0) is 16.7. The van der Waals surface area contributed by atoms with Gasteiger partial charge in [-0.2, -0.15) is 5.10 Å². The van der Waals surface area contributed by atoms with Gasteiger partial charge >= 0.3 is 0 Å². The molecule has 5 nitrogen and oxygen atoms in total. The molecule has 0 amide bonds. The lowest BCUT2D eigenvalue weighted by atomic mass is 9.99. The van der Waals surface area contributed by atoms with E-state index in [1.54, 1.807) is 4.52 Å². The summed E-state index contributed by atoms with van der Waals surface area (Å²) in [5, 5.41) is 16.1. The highest BCUT2D eigenvalue weighted by molar-refractivity contribution is 7.18. The molecule has 1 aromatic carbocycles. The molecule has 0 aliphatic carbocycles. The lowest BCUT2D eigenvalue weighted by molar-refractivity contribution is 0.181. The minimum absolute atomic E-state index is 0.0441. The molecule has 1 unspecified atom stereocenters. The number of likely N-dealkylation sites (tertiary alicyclic amines) is 1. The molecule has 1 fully saturated rings. The van der Waals surface area contributed by atoms with E-state index in [4.69, 9.17) is 11.6 Å². The van der Waals surface area contributed by atoms with Crippen LogP contribution < -0.4 is 0 Å². The minimum atomic E-state index is -0.0441. The Bertz CT molecular complexity index is 851. The highest BCUT2D eigenvalue weighted by Gasteiger charge is 2.31. The Morgan fingerprint density at radius 2 is 1.88 bits per heavy atom. The Morgan fingerprint density at radius 1 is 1.17 bits per heavy atom. The largest absolute Gasteiger partial charge is 0.498 e. The van der Waals surface area contributed by atoms with Crippen LogP contribution in [0.3, 0.4) is 0 Å².